The van der Waals surface area contributed by atoms with E-state index in [1.54, 1.807) is 14.2 Å². The van der Waals surface area contributed by atoms with Crippen LogP contribution < -0.4 is 25.0 Å². The highest BCUT2D eigenvalue weighted by Gasteiger charge is 2.17. The van der Waals surface area contributed by atoms with Gasteiger partial charge in [0.25, 0.3) is 0 Å². The lowest BCUT2D eigenvalue weighted by Crippen LogP contribution is -2.36. The van der Waals surface area contributed by atoms with Crippen molar-refractivity contribution in [3.8, 4) is 11.5 Å². The van der Waals surface area contributed by atoms with E-state index in [0.29, 0.717) is 31.1 Å². The molecule has 1 amide bonds. The summed E-state index contributed by atoms with van der Waals surface area (Å²) >= 11 is 0. The molecule has 3 aromatic carbocycles. The van der Waals surface area contributed by atoms with Crippen LogP contribution in [-0.4, -0.2) is 46.3 Å². The minimum Gasteiger partial charge on any atom is -0.493 e. The number of ether oxygens (including phenoxy) is 2. The molecule has 35 heavy (non-hydrogen) atoms. The number of fused-ring (bicyclic) bond motifs is 2. The van der Waals surface area contributed by atoms with Crippen LogP contribution in [0.15, 0.2) is 66.7 Å². The van der Waals surface area contributed by atoms with E-state index in [4.69, 9.17) is 9.47 Å². The van der Waals surface area contributed by atoms with Gasteiger partial charge in [0.2, 0.25) is 5.91 Å². The molecule has 182 valence electrons. The Morgan fingerprint density at radius 3 is 2.14 bits per heavy atom. The maximum Gasteiger partial charge on any atom is 0.233 e. The molecule has 0 bridgehead atoms. The van der Waals surface area contributed by atoms with Crippen molar-refractivity contribution in [2.24, 2.45) is 0 Å². The number of anilines is 2. The Balaban J connectivity index is 1.22. The molecule has 1 aliphatic heterocycles. The summed E-state index contributed by atoms with van der Waals surface area (Å²) in [4.78, 5) is 14.7. The second-order valence-corrected chi connectivity index (χ2v) is 8.42. The van der Waals surface area contributed by atoms with Crippen molar-refractivity contribution < 1.29 is 14.3 Å². The second kappa shape index (κ2) is 12.1. The largest absolute Gasteiger partial charge is 0.493 e. The minimum atomic E-state index is 0.00986. The van der Waals surface area contributed by atoms with Crippen LogP contribution in [0.4, 0.5) is 11.4 Å². The van der Waals surface area contributed by atoms with E-state index in [0.717, 1.165) is 24.9 Å². The molecule has 0 radical (unpaired) electrons. The van der Waals surface area contributed by atoms with Gasteiger partial charge >= 0.3 is 0 Å². The Bertz CT molecular complexity index is 1130. The van der Waals surface area contributed by atoms with Gasteiger partial charge in [-0.05, 0) is 60.3 Å². The first kappa shape index (κ1) is 24.4. The number of carbonyl (C=O) groups excluding carboxylic acids is 1. The van der Waals surface area contributed by atoms with Gasteiger partial charge in [0.05, 0.1) is 20.8 Å². The third-order valence-corrected chi connectivity index (χ3v) is 6.10. The molecule has 1 heterocycles. The van der Waals surface area contributed by atoms with E-state index in [9.17, 15) is 4.79 Å². The van der Waals surface area contributed by atoms with Crippen LogP contribution in [0.2, 0.25) is 0 Å². The van der Waals surface area contributed by atoms with Crippen LogP contribution in [0.3, 0.4) is 0 Å². The number of methoxy groups -OCH3 is 2. The quantitative estimate of drug-likeness (QED) is 0.398. The zero-order valence-electron chi connectivity index (χ0n) is 20.4. The summed E-state index contributed by atoms with van der Waals surface area (Å²) in [6, 6.07) is 22.7. The summed E-state index contributed by atoms with van der Waals surface area (Å²) in [5, 5.41) is 6.26. The Labute approximate surface area is 207 Å². The van der Waals surface area contributed by atoms with E-state index in [2.05, 4.69) is 76.2 Å². The molecular formula is C29H33N3O3. The Kier molecular flexibility index (Phi) is 8.41. The normalized spacial score (nSPS) is 11.9. The lowest BCUT2D eigenvalue weighted by Gasteiger charge is -2.27. The molecule has 6 nitrogen and oxygen atoms in total. The summed E-state index contributed by atoms with van der Waals surface area (Å²) in [5.74, 6) is 1.44. The third kappa shape index (κ3) is 6.22. The molecule has 0 aliphatic carbocycles. The highest BCUT2D eigenvalue weighted by molar-refractivity contribution is 5.88. The number of amides is 1. The van der Waals surface area contributed by atoms with E-state index in [1.807, 2.05) is 18.2 Å². The zero-order valence-corrected chi connectivity index (χ0v) is 20.4. The van der Waals surface area contributed by atoms with Gasteiger partial charge in [-0.25, -0.2) is 0 Å². The molecule has 6 heteroatoms. The average molecular weight is 472 g/mol. The summed E-state index contributed by atoms with van der Waals surface area (Å²) in [7, 11) is 3.26. The van der Waals surface area contributed by atoms with Crippen molar-refractivity contribution in [1.82, 2.24) is 10.6 Å². The molecule has 0 saturated carbocycles. The maximum atomic E-state index is 12.3. The van der Waals surface area contributed by atoms with E-state index >= 15 is 0 Å². The van der Waals surface area contributed by atoms with Gasteiger partial charge in [-0.1, -0.05) is 54.6 Å². The van der Waals surface area contributed by atoms with Crippen LogP contribution in [0, 0.1) is 0 Å². The van der Waals surface area contributed by atoms with Gasteiger partial charge in [0, 0.05) is 24.5 Å². The number of para-hydroxylation sites is 2. The number of benzene rings is 3. The van der Waals surface area contributed by atoms with Crippen LogP contribution in [0.25, 0.3) is 12.2 Å². The fourth-order valence-electron chi connectivity index (χ4n) is 4.30. The average Bonchev–Trinajstić information content (AvgIpc) is 3.06. The summed E-state index contributed by atoms with van der Waals surface area (Å²) < 4.78 is 10.6. The van der Waals surface area contributed by atoms with Gasteiger partial charge in [-0.2, -0.15) is 0 Å². The van der Waals surface area contributed by atoms with Gasteiger partial charge in [0.15, 0.2) is 11.5 Å². The fourth-order valence-corrected chi connectivity index (χ4v) is 4.30. The monoisotopic (exact) mass is 471 g/mol. The highest BCUT2D eigenvalue weighted by Crippen LogP contribution is 2.36. The number of carbonyl (C=O) groups is 1. The second-order valence-electron chi connectivity index (χ2n) is 8.42. The summed E-state index contributed by atoms with van der Waals surface area (Å²) in [6.07, 6.45) is 5.99. The van der Waals surface area contributed by atoms with Crippen LogP contribution in [0.5, 0.6) is 11.5 Å². The first-order valence-corrected chi connectivity index (χ1v) is 12.0. The van der Waals surface area contributed by atoms with E-state index in [-0.39, 0.29) is 5.91 Å². The number of rotatable bonds is 11. The number of hydrogen-bond acceptors (Lipinski definition) is 5. The van der Waals surface area contributed by atoms with Crippen molar-refractivity contribution in [3.05, 3.63) is 83.4 Å². The number of hydrogen-bond donors (Lipinski definition) is 2. The van der Waals surface area contributed by atoms with Crippen molar-refractivity contribution in [1.29, 1.82) is 0 Å². The molecule has 1 aliphatic rings. The van der Waals surface area contributed by atoms with Crippen molar-refractivity contribution >= 4 is 29.4 Å². The van der Waals surface area contributed by atoms with Gasteiger partial charge in [-0.15, -0.1) is 0 Å². The molecule has 0 fully saturated rings. The molecule has 0 atom stereocenters. The zero-order chi connectivity index (χ0) is 24.5. The molecule has 0 unspecified atom stereocenters. The smallest absolute Gasteiger partial charge is 0.233 e. The molecule has 0 saturated heterocycles. The van der Waals surface area contributed by atoms with Crippen LogP contribution in [0.1, 0.15) is 23.1 Å². The molecule has 0 spiro atoms. The lowest BCUT2D eigenvalue weighted by atomic mass is 10.1. The fraction of sp³-hybridized carbons (Fsp3) is 0.276. The van der Waals surface area contributed by atoms with Crippen molar-refractivity contribution in [2.45, 2.75) is 12.8 Å². The highest BCUT2D eigenvalue weighted by atomic mass is 16.5. The first-order valence-electron chi connectivity index (χ1n) is 12.0. The summed E-state index contributed by atoms with van der Waals surface area (Å²) in [5.41, 5.74) is 5.91. The van der Waals surface area contributed by atoms with Crippen molar-refractivity contribution in [3.63, 3.8) is 0 Å². The predicted molar refractivity (Wildman–Crippen MR) is 143 cm³/mol. The topological polar surface area (TPSA) is 62.8 Å². The minimum absolute atomic E-state index is 0.00986. The summed E-state index contributed by atoms with van der Waals surface area (Å²) in [6.45, 7) is 2.46. The van der Waals surface area contributed by atoms with E-state index < -0.39 is 0 Å². The maximum absolute atomic E-state index is 12.3. The molecule has 3 aromatic rings. The van der Waals surface area contributed by atoms with Crippen LogP contribution >= 0.6 is 0 Å². The SMILES string of the molecule is COc1ccc(CCNCC(=O)NCCCN2c3ccccc3C=Cc3ccccc32)cc1OC. The van der Waals surface area contributed by atoms with Gasteiger partial charge < -0.3 is 25.0 Å². The molecule has 4 rings (SSSR count). The van der Waals surface area contributed by atoms with Gasteiger partial charge in [0.1, 0.15) is 0 Å². The van der Waals surface area contributed by atoms with E-state index in [1.165, 1.54) is 22.5 Å². The number of nitrogens with one attached hydrogen (secondary N) is 2. The molecule has 2 N–H and O–H groups in total. The Morgan fingerprint density at radius 2 is 1.49 bits per heavy atom. The molecule has 0 aromatic heterocycles. The lowest BCUT2D eigenvalue weighted by molar-refractivity contribution is -0.120. The standard InChI is InChI=1S/C29H33N3O3/c1-34-27-15-12-22(20-28(27)35-2)16-18-30-21-29(33)31-17-7-19-32-25-10-5-3-8-23(25)13-14-24-9-4-6-11-26(24)32/h3-6,8-15,20,30H,7,16-19,21H2,1-2H3,(H,31,33). The van der Waals surface area contributed by atoms with Crippen LogP contribution in [-0.2, 0) is 11.2 Å². The first-order chi connectivity index (χ1) is 17.2. The Morgan fingerprint density at radius 1 is 0.829 bits per heavy atom. The third-order valence-electron chi connectivity index (χ3n) is 6.10. The van der Waals surface area contributed by atoms with Gasteiger partial charge in [-0.3, -0.25) is 4.79 Å². The number of nitrogens with zero attached hydrogens (tertiary/aromatic N) is 1. The predicted octanol–water partition coefficient (Wildman–Crippen LogP) is 4.66. The molecular weight excluding hydrogens is 438 g/mol. The Hall–Kier alpha value is -3.77. The van der Waals surface area contributed by atoms with Crippen molar-refractivity contribution in [2.75, 3.05) is 45.3 Å².